The van der Waals surface area contributed by atoms with Crippen LogP contribution in [0.3, 0.4) is 0 Å². The van der Waals surface area contributed by atoms with E-state index in [0.29, 0.717) is 5.56 Å². The topological polar surface area (TPSA) is 382 Å². The Labute approximate surface area is 370 Å². The summed E-state index contributed by atoms with van der Waals surface area (Å²) in [7, 11) is 0. The molecular formula is C42H42O24. The van der Waals surface area contributed by atoms with Crippen molar-refractivity contribution in [2.24, 2.45) is 0 Å². The van der Waals surface area contributed by atoms with E-state index in [9.17, 15) is 69.9 Å². The Hall–Kier alpha value is -7.19. The lowest BCUT2D eigenvalue weighted by Gasteiger charge is -2.42. The highest BCUT2D eigenvalue weighted by atomic mass is 16.7. The van der Waals surface area contributed by atoms with Gasteiger partial charge in [-0.2, -0.15) is 0 Å². The van der Waals surface area contributed by atoms with Gasteiger partial charge in [0.1, 0.15) is 92.2 Å². The number of aliphatic carboxylic acids is 2. The first-order chi connectivity index (χ1) is 31.3. The molecule has 0 bridgehead atoms. The summed E-state index contributed by atoms with van der Waals surface area (Å²) in [6.45, 7) is -1.61. The molecule has 11 atom stereocenters. The van der Waals surface area contributed by atoms with E-state index in [-0.39, 0.29) is 39.9 Å². The van der Waals surface area contributed by atoms with Crippen LogP contribution in [0.2, 0.25) is 0 Å². The van der Waals surface area contributed by atoms with Crippen molar-refractivity contribution < 1.29 is 118 Å². The van der Waals surface area contributed by atoms with E-state index in [4.69, 9.17) is 48.1 Å². The second-order valence-corrected chi connectivity index (χ2v) is 14.7. The van der Waals surface area contributed by atoms with Crippen molar-refractivity contribution in [2.75, 3.05) is 13.2 Å². The Morgan fingerprint density at radius 3 is 1.98 bits per heavy atom. The highest BCUT2D eigenvalue weighted by molar-refractivity contribution is 5.90. The van der Waals surface area contributed by atoms with Gasteiger partial charge in [-0.05, 0) is 54.1 Å². The van der Waals surface area contributed by atoms with E-state index in [1.165, 1.54) is 60.7 Å². The average molecular weight is 931 g/mol. The van der Waals surface area contributed by atoms with Crippen molar-refractivity contribution in [2.45, 2.75) is 80.4 Å². The lowest BCUT2D eigenvalue weighted by Crippen LogP contribution is -2.60. The van der Waals surface area contributed by atoms with Crippen molar-refractivity contribution in [3.8, 4) is 17.2 Å². The number of benzene rings is 2. The average Bonchev–Trinajstić information content (AvgIpc) is 3.25. The van der Waals surface area contributed by atoms with Crippen LogP contribution in [0.25, 0.3) is 11.8 Å². The van der Waals surface area contributed by atoms with Gasteiger partial charge in [-0.25, -0.2) is 4.79 Å². The molecule has 2 aromatic rings. The molecule has 3 heterocycles. The predicted octanol–water partition coefficient (Wildman–Crippen LogP) is -0.915. The third-order valence-corrected chi connectivity index (χ3v) is 9.94. The van der Waals surface area contributed by atoms with Crippen molar-refractivity contribution in [3.05, 3.63) is 101 Å². The number of hydrogen-bond donors (Lipinski definition) is 11. The number of carbonyl (C=O) groups is 5. The van der Waals surface area contributed by atoms with Gasteiger partial charge in [0.2, 0.25) is 12.6 Å². The third-order valence-electron chi connectivity index (χ3n) is 9.94. The minimum atomic E-state index is -2.13. The van der Waals surface area contributed by atoms with Crippen LogP contribution in [0.1, 0.15) is 24.0 Å². The maximum absolute atomic E-state index is 12.6. The molecule has 0 saturated carbocycles. The van der Waals surface area contributed by atoms with Gasteiger partial charge in [0.05, 0.1) is 0 Å². The predicted molar refractivity (Wildman–Crippen MR) is 211 cm³/mol. The number of fused-ring (bicyclic) bond motifs is 1. The van der Waals surface area contributed by atoms with Gasteiger partial charge in [-0.15, -0.1) is 0 Å². The van der Waals surface area contributed by atoms with Crippen molar-refractivity contribution in [1.29, 1.82) is 0 Å². The maximum Gasteiger partial charge on any atom is 0.330 e. The number of esters is 3. The van der Waals surface area contributed by atoms with E-state index in [2.05, 4.69) is 0 Å². The molecule has 3 aliphatic heterocycles. The number of aliphatic hydroxyl groups excluding tert-OH is 6. The largest absolute Gasteiger partial charge is 0.508 e. The normalized spacial score (nSPS) is 28.4. The Bertz CT molecular complexity index is 2330. The Morgan fingerprint density at radius 2 is 1.30 bits per heavy atom. The monoisotopic (exact) mass is 930 g/mol. The van der Waals surface area contributed by atoms with Crippen LogP contribution in [0.5, 0.6) is 17.2 Å². The van der Waals surface area contributed by atoms with Crippen molar-refractivity contribution in [3.63, 3.8) is 0 Å². The first-order valence-electron chi connectivity index (χ1n) is 19.5. The number of rotatable bonds is 16. The summed E-state index contributed by atoms with van der Waals surface area (Å²) in [6.07, 6.45) is -16.9. The fourth-order valence-corrected chi connectivity index (χ4v) is 6.68. The van der Waals surface area contributed by atoms with Crippen LogP contribution in [-0.4, -0.2) is 167 Å². The number of phenols is 3. The molecule has 2 fully saturated rings. The van der Waals surface area contributed by atoms with Crippen LogP contribution in [0, 0.1) is 0 Å². The Balaban J connectivity index is 1.26. The van der Waals surface area contributed by atoms with Gasteiger partial charge < -0.3 is 94.1 Å². The summed E-state index contributed by atoms with van der Waals surface area (Å²) >= 11 is 0. The van der Waals surface area contributed by atoms with Crippen LogP contribution in [0.4, 0.5) is 0 Å². The number of carbonyl (C=O) groups excluding carboxylic acids is 3. The number of carboxylic acid groups (broad SMARTS) is 2. The van der Waals surface area contributed by atoms with Gasteiger partial charge >= 0.3 is 29.8 Å². The first-order valence-corrected chi connectivity index (χ1v) is 19.5. The summed E-state index contributed by atoms with van der Waals surface area (Å²) in [6, 6.07) is 9.12. The first kappa shape index (κ1) is 48.3. The van der Waals surface area contributed by atoms with Crippen molar-refractivity contribution >= 4 is 41.7 Å². The minimum absolute atomic E-state index is 0.0276. The van der Waals surface area contributed by atoms with Crippen LogP contribution in [0.15, 0.2) is 89.6 Å². The standard InChI is InChI=1S/C42H42O24/c43-19-5-3-18(4-6-19)39-26(63-41-37(57)35(55)34(54)27(64-41)15-59-31(51)8-2-17-1-7-22(45)23(46)9-17)12-21-24(61-39)10-20(44)11-25(21)62-42-38(58)36(56)40(66-33(53)14-30(49)50)28(65-42)16-60-32(52)13-29(47)48/h1-12,24,27-28,34-38,40-46,54-58H,13-16H2,(H,47,48)(H,49,50). The number of aliphatic hydroxyl groups is 6. The van der Waals surface area contributed by atoms with E-state index in [0.717, 1.165) is 12.2 Å². The Morgan fingerprint density at radius 1 is 0.667 bits per heavy atom. The molecule has 4 aliphatic rings. The Kier molecular flexibility index (Phi) is 15.2. The lowest BCUT2D eigenvalue weighted by molar-refractivity contribution is -0.294. The highest BCUT2D eigenvalue weighted by Gasteiger charge is 2.50. The second-order valence-electron chi connectivity index (χ2n) is 14.7. The fraction of sp³-hybridized carbons (Fsp3) is 0.357. The number of ether oxygens (including phenoxy) is 8. The number of aromatic hydroxyl groups is 3. The van der Waals surface area contributed by atoms with Crippen LogP contribution in [-0.2, 0) is 61.9 Å². The molecule has 1 aliphatic carbocycles. The van der Waals surface area contributed by atoms with E-state index in [1.54, 1.807) is 0 Å². The number of hydrogen-bond acceptors (Lipinski definition) is 22. The van der Waals surface area contributed by atoms with E-state index in [1.807, 2.05) is 0 Å². The third kappa shape index (κ3) is 11.7. The van der Waals surface area contributed by atoms with Crippen LogP contribution >= 0.6 is 0 Å². The van der Waals surface area contributed by atoms with Gasteiger partial charge in [0.15, 0.2) is 29.1 Å². The zero-order valence-electron chi connectivity index (χ0n) is 33.8. The lowest BCUT2D eigenvalue weighted by atomic mass is 9.96. The molecule has 66 heavy (non-hydrogen) atoms. The minimum Gasteiger partial charge on any atom is -0.508 e. The van der Waals surface area contributed by atoms with E-state index >= 15 is 0 Å². The van der Waals surface area contributed by atoms with E-state index < -0.39 is 135 Å². The maximum atomic E-state index is 12.6. The molecule has 6 rings (SSSR count). The zero-order chi connectivity index (χ0) is 48.0. The zero-order valence-corrected chi connectivity index (χ0v) is 33.8. The summed E-state index contributed by atoms with van der Waals surface area (Å²) in [5, 5.41) is 113. The molecular weight excluding hydrogens is 888 g/mol. The smallest absolute Gasteiger partial charge is 0.330 e. The van der Waals surface area contributed by atoms with Crippen LogP contribution < -0.4 is 0 Å². The fourth-order valence-electron chi connectivity index (χ4n) is 6.68. The highest BCUT2D eigenvalue weighted by Crippen LogP contribution is 2.40. The molecule has 24 heteroatoms. The molecule has 0 spiro atoms. The summed E-state index contributed by atoms with van der Waals surface area (Å²) in [4.78, 5) is 59.1. The quantitative estimate of drug-likeness (QED) is 0.0319. The number of phenolic OH excluding ortho intramolecular Hbond substituents is 3. The van der Waals surface area contributed by atoms with Crippen molar-refractivity contribution in [1.82, 2.24) is 0 Å². The van der Waals surface area contributed by atoms with Gasteiger partial charge in [0, 0.05) is 29.4 Å². The molecule has 11 unspecified atom stereocenters. The second kappa shape index (κ2) is 20.8. The van der Waals surface area contributed by atoms with Gasteiger partial charge in [-0.1, -0.05) is 6.07 Å². The molecule has 11 N–H and O–H groups in total. The molecule has 2 aromatic carbocycles. The molecule has 354 valence electrons. The number of allylic oxidation sites excluding steroid dienone is 2. The summed E-state index contributed by atoms with van der Waals surface area (Å²) in [5.41, 5.74) is 0.512. The molecule has 2 saturated heterocycles. The molecule has 24 nitrogen and oxygen atoms in total. The summed E-state index contributed by atoms with van der Waals surface area (Å²) < 4.78 is 44.8. The SMILES string of the molecule is O=C(O)CC(=O)OCC1OC(OC2=CC(O)=CC3OC(c4ccc(O)cc4)=C(OC4OC(COC(=O)C=Cc5ccc(O)c(O)c5)C(O)C(O)C4O)C=C23)C(O)C(O)C1OC(=O)CC(=O)O. The molecule has 0 aromatic heterocycles. The number of carboxylic acids is 2. The molecule has 0 radical (unpaired) electrons. The van der Waals surface area contributed by atoms with Gasteiger partial charge in [-0.3, -0.25) is 19.2 Å². The molecule has 0 amide bonds. The van der Waals surface area contributed by atoms with Gasteiger partial charge in [0.25, 0.3) is 0 Å². The summed E-state index contributed by atoms with van der Waals surface area (Å²) in [5.74, 6) is -9.07.